The second-order valence-electron chi connectivity index (χ2n) is 7.11. The lowest BCUT2D eigenvalue weighted by molar-refractivity contribution is -0.154. The molecule has 0 saturated carbocycles. The predicted octanol–water partition coefficient (Wildman–Crippen LogP) is 2.12. The third kappa shape index (κ3) is 7.18. The third-order valence-electron chi connectivity index (χ3n) is 3.89. The summed E-state index contributed by atoms with van der Waals surface area (Å²) in [4.78, 5) is 25.3. The Hall–Kier alpha value is -1.85. The van der Waals surface area contributed by atoms with Crippen molar-refractivity contribution in [2.45, 2.75) is 46.1 Å². The average Bonchev–Trinajstić information content (AvgIpc) is 2.62. The average molecular weight is 370 g/mol. The van der Waals surface area contributed by atoms with E-state index in [0.717, 1.165) is 26.4 Å². The van der Waals surface area contributed by atoms with E-state index < -0.39 is 23.1 Å². The molecule has 0 spiro atoms. The molecule has 0 unspecified atom stereocenters. The molecule has 0 aliphatic carbocycles. The van der Waals surface area contributed by atoms with Crippen molar-refractivity contribution in [3.8, 4) is 6.07 Å². The van der Waals surface area contributed by atoms with Gasteiger partial charge in [-0.3, -0.25) is 4.79 Å². The minimum Gasteiger partial charge on any atom is -0.465 e. The first kappa shape index (κ1) is 22.2. The molecule has 2 fully saturated rings. The number of esters is 1. The highest BCUT2D eigenvalue weighted by Crippen LogP contribution is 2.32. The highest BCUT2D eigenvalue weighted by atomic mass is 16.6. The van der Waals surface area contributed by atoms with E-state index in [-0.39, 0.29) is 19.4 Å². The van der Waals surface area contributed by atoms with Crippen LogP contribution in [0.1, 0.15) is 40.5 Å². The fourth-order valence-electron chi connectivity index (χ4n) is 2.47. The number of hydrogen-bond donors (Lipinski definition) is 0. The van der Waals surface area contributed by atoms with E-state index in [1.54, 1.807) is 27.7 Å². The summed E-state index contributed by atoms with van der Waals surface area (Å²) in [6.45, 7) is 11.1. The Morgan fingerprint density at radius 1 is 1.12 bits per heavy atom. The number of carbonyl (C=O) groups excluding carboxylic acids is 2. The number of likely N-dealkylation sites (tertiary alicyclic amines) is 1. The molecule has 8 nitrogen and oxygen atoms in total. The highest BCUT2D eigenvalue weighted by molar-refractivity contribution is 5.80. The number of nitriles is 1. The van der Waals surface area contributed by atoms with E-state index in [1.807, 2.05) is 0 Å². The molecule has 2 aliphatic heterocycles. The minimum atomic E-state index is -1.13. The number of ether oxygens (including phenoxy) is 4. The van der Waals surface area contributed by atoms with Crippen LogP contribution in [-0.2, 0) is 23.7 Å². The van der Waals surface area contributed by atoms with Gasteiger partial charge in [-0.1, -0.05) is 0 Å². The van der Waals surface area contributed by atoms with Crippen LogP contribution in [0, 0.1) is 16.7 Å². The Balaban J connectivity index is 0.000000472. The fraction of sp³-hybridized carbons (Fsp3) is 0.833. The monoisotopic (exact) mass is 370 g/mol. The van der Waals surface area contributed by atoms with Crippen LogP contribution in [0.3, 0.4) is 0 Å². The lowest BCUT2D eigenvalue weighted by Gasteiger charge is -2.36. The van der Waals surface area contributed by atoms with Gasteiger partial charge in [-0.2, -0.15) is 5.26 Å². The Kier molecular flexibility index (Phi) is 8.82. The molecule has 0 N–H and O–H groups in total. The van der Waals surface area contributed by atoms with Gasteiger partial charge in [0.05, 0.1) is 39.1 Å². The maximum absolute atomic E-state index is 11.9. The van der Waals surface area contributed by atoms with Crippen LogP contribution in [0.4, 0.5) is 4.79 Å². The summed E-state index contributed by atoms with van der Waals surface area (Å²) in [6.07, 6.45) is 0.149. The van der Waals surface area contributed by atoms with Crippen LogP contribution in [0.2, 0.25) is 0 Å². The summed E-state index contributed by atoms with van der Waals surface area (Å²) in [5.41, 5.74) is -1.68. The summed E-state index contributed by atoms with van der Waals surface area (Å²) >= 11 is 0. The second-order valence-corrected chi connectivity index (χ2v) is 7.11. The summed E-state index contributed by atoms with van der Waals surface area (Å²) < 4.78 is 20.1. The number of amides is 1. The lowest BCUT2D eigenvalue weighted by Crippen LogP contribution is -2.47. The predicted molar refractivity (Wildman–Crippen MR) is 93.4 cm³/mol. The van der Waals surface area contributed by atoms with E-state index in [0.29, 0.717) is 13.1 Å². The molecule has 0 atom stereocenters. The van der Waals surface area contributed by atoms with Gasteiger partial charge in [0.2, 0.25) is 0 Å². The summed E-state index contributed by atoms with van der Waals surface area (Å²) in [5, 5.41) is 9.26. The summed E-state index contributed by atoms with van der Waals surface area (Å²) in [6, 6.07) is 2.06. The SMILES string of the molecule is C1COCCO1.CCOC(=O)C1(C#N)CCN(C(=O)OC(C)(C)C)CC1. The molecule has 0 radical (unpaired) electrons. The minimum absolute atomic E-state index is 0.248. The van der Waals surface area contributed by atoms with Gasteiger partial charge in [-0.05, 0) is 40.5 Å². The number of rotatable bonds is 2. The van der Waals surface area contributed by atoms with Crippen molar-refractivity contribution in [3.63, 3.8) is 0 Å². The van der Waals surface area contributed by atoms with Crippen LogP contribution in [0.5, 0.6) is 0 Å². The number of hydrogen-bond acceptors (Lipinski definition) is 7. The zero-order valence-corrected chi connectivity index (χ0v) is 16.2. The number of carbonyl (C=O) groups is 2. The van der Waals surface area contributed by atoms with E-state index in [2.05, 4.69) is 6.07 Å². The van der Waals surface area contributed by atoms with Gasteiger partial charge in [-0.15, -0.1) is 0 Å². The van der Waals surface area contributed by atoms with Crippen LogP contribution >= 0.6 is 0 Å². The zero-order chi connectivity index (χ0) is 19.6. The summed E-state index contributed by atoms with van der Waals surface area (Å²) in [5.74, 6) is -0.494. The van der Waals surface area contributed by atoms with Crippen LogP contribution in [-0.4, -0.2) is 68.7 Å². The Morgan fingerprint density at radius 3 is 1.96 bits per heavy atom. The largest absolute Gasteiger partial charge is 0.465 e. The molecule has 2 saturated heterocycles. The fourth-order valence-corrected chi connectivity index (χ4v) is 2.47. The lowest BCUT2D eigenvalue weighted by atomic mass is 9.80. The van der Waals surface area contributed by atoms with Crippen molar-refractivity contribution < 1.29 is 28.5 Å². The molecule has 0 aromatic heterocycles. The van der Waals surface area contributed by atoms with Crippen molar-refractivity contribution in [1.29, 1.82) is 5.26 Å². The van der Waals surface area contributed by atoms with E-state index >= 15 is 0 Å². The molecule has 8 heteroatoms. The highest BCUT2D eigenvalue weighted by Gasteiger charge is 2.44. The normalized spacial score (nSPS) is 19.4. The smallest absolute Gasteiger partial charge is 0.410 e. The van der Waals surface area contributed by atoms with Gasteiger partial charge >= 0.3 is 12.1 Å². The van der Waals surface area contributed by atoms with Crippen molar-refractivity contribution in [1.82, 2.24) is 4.90 Å². The van der Waals surface area contributed by atoms with Crippen molar-refractivity contribution in [2.24, 2.45) is 5.41 Å². The zero-order valence-electron chi connectivity index (χ0n) is 16.2. The van der Waals surface area contributed by atoms with Gasteiger partial charge in [0.1, 0.15) is 5.60 Å². The molecule has 2 heterocycles. The van der Waals surface area contributed by atoms with E-state index in [9.17, 15) is 14.9 Å². The molecule has 2 aliphatic rings. The molecule has 148 valence electrons. The summed E-state index contributed by atoms with van der Waals surface area (Å²) in [7, 11) is 0. The second kappa shape index (κ2) is 10.3. The standard InChI is InChI=1S/C14H22N2O4.C4H8O2/c1-5-19-11(17)14(10-15)6-8-16(9-7-14)12(18)20-13(2,3)4;1-2-6-4-3-5-1/h5-9H2,1-4H3;1-4H2. The third-order valence-corrected chi connectivity index (χ3v) is 3.89. The van der Waals surface area contributed by atoms with Gasteiger partial charge in [-0.25, -0.2) is 4.79 Å². The Bertz CT molecular complexity index is 485. The van der Waals surface area contributed by atoms with E-state index in [4.69, 9.17) is 18.9 Å². The molecule has 0 bridgehead atoms. The van der Waals surface area contributed by atoms with Crippen molar-refractivity contribution >= 4 is 12.1 Å². The quantitative estimate of drug-likeness (QED) is 0.687. The molecule has 0 aromatic carbocycles. The van der Waals surface area contributed by atoms with Crippen LogP contribution in [0.25, 0.3) is 0 Å². The maximum Gasteiger partial charge on any atom is 0.410 e. The topological polar surface area (TPSA) is 98.1 Å². The van der Waals surface area contributed by atoms with E-state index in [1.165, 1.54) is 4.90 Å². The first-order valence-electron chi connectivity index (χ1n) is 8.96. The van der Waals surface area contributed by atoms with Crippen molar-refractivity contribution in [2.75, 3.05) is 46.1 Å². The van der Waals surface area contributed by atoms with Gasteiger partial charge in [0, 0.05) is 13.1 Å². The van der Waals surface area contributed by atoms with Gasteiger partial charge < -0.3 is 23.8 Å². The van der Waals surface area contributed by atoms with Crippen molar-refractivity contribution in [3.05, 3.63) is 0 Å². The van der Waals surface area contributed by atoms with Crippen LogP contribution < -0.4 is 0 Å². The first-order valence-corrected chi connectivity index (χ1v) is 8.96. The maximum atomic E-state index is 11.9. The molecule has 26 heavy (non-hydrogen) atoms. The molecular weight excluding hydrogens is 340 g/mol. The molecule has 0 aromatic rings. The van der Waals surface area contributed by atoms with Crippen LogP contribution in [0.15, 0.2) is 0 Å². The van der Waals surface area contributed by atoms with Gasteiger partial charge in [0.15, 0.2) is 5.41 Å². The number of piperidine rings is 1. The molecular formula is C18H30N2O6. The molecule has 1 amide bonds. The first-order chi connectivity index (χ1) is 12.2. The molecule has 2 rings (SSSR count). The van der Waals surface area contributed by atoms with Gasteiger partial charge in [0.25, 0.3) is 0 Å². The Labute approximate surface area is 155 Å². The number of nitrogens with zero attached hydrogens (tertiary/aromatic N) is 2. The Morgan fingerprint density at radius 2 is 1.62 bits per heavy atom.